The van der Waals surface area contributed by atoms with Gasteiger partial charge in [0.1, 0.15) is 0 Å². The molecule has 2 aromatic heterocycles. The van der Waals surface area contributed by atoms with E-state index in [1.807, 2.05) is 31.3 Å². The number of nitrogen functional groups attached to an aromatic ring is 1. The molecule has 0 saturated heterocycles. The molecule has 0 aliphatic carbocycles. The second-order valence-electron chi connectivity index (χ2n) is 7.75. The minimum absolute atomic E-state index is 0. The van der Waals surface area contributed by atoms with Crippen LogP contribution in [0.5, 0.6) is 0 Å². The molecule has 0 aliphatic heterocycles. The van der Waals surface area contributed by atoms with Crippen molar-refractivity contribution in [1.29, 1.82) is 0 Å². The highest BCUT2D eigenvalue weighted by Gasteiger charge is 2.20. The summed E-state index contributed by atoms with van der Waals surface area (Å²) in [5, 5.41) is 10.8. The van der Waals surface area contributed by atoms with Crippen LogP contribution in [0.4, 0.5) is 5.82 Å². The van der Waals surface area contributed by atoms with E-state index in [9.17, 15) is 8.42 Å². The zero-order chi connectivity index (χ0) is 23.6. The van der Waals surface area contributed by atoms with Gasteiger partial charge in [0.05, 0.1) is 22.0 Å². The van der Waals surface area contributed by atoms with Crippen LogP contribution >= 0.6 is 0 Å². The molecule has 0 saturated carbocycles. The molecule has 3 N–H and O–H groups in total. The Balaban J connectivity index is 0.00000216. The van der Waals surface area contributed by atoms with Crippen molar-refractivity contribution < 1.29 is 17.1 Å². The minimum atomic E-state index is -3.36. The Morgan fingerprint density at radius 2 is 1.64 bits per heavy atom. The second-order valence-corrected chi connectivity index (χ2v) is 10.3. The summed E-state index contributed by atoms with van der Waals surface area (Å²) >= 11 is 0. The largest absolute Gasteiger partial charge is 0.414 e. The Morgan fingerprint density at radius 3 is 2.27 bits per heavy atom. The van der Waals surface area contributed by atoms with E-state index in [4.69, 9.17) is 10.2 Å². The fourth-order valence-electron chi connectivity index (χ4n) is 3.19. The first-order valence-corrected chi connectivity index (χ1v) is 11.9. The van der Waals surface area contributed by atoms with Crippen molar-refractivity contribution in [2.75, 3.05) is 12.8 Å². The molecule has 0 aliphatic rings. The lowest BCUT2D eigenvalue weighted by atomic mass is 10.1. The van der Waals surface area contributed by atoms with Gasteiger partial charge in [-0.2, -0.15) is 0 Å². The molecule has 2 aromatic carbocycles. The van der Waals surface area contributed by atoms with Gasteiger partial charge in [0.2, 0.25) is 5.89 Å². The number of nitrogens with zero attached hydrogens (tertiary/aromatic N) is 4. The number of aromatic nitrogens is 4. The lowest BCUT2D eigenvalue weighted by molar-refractivity contribution is 0.582. The van der Waals surface area contributed by atoms with Gasteiger partial charge in [-0.1, -0.05) is 24.3 Å². The van der Waals surface area contributed by atoms with Gasteiger partial charge >= 0.3 is 0 Å². The Bertz CT molecular complexity index is 1380. The molecule has 10 heteroatoms. The highest BCUT2D eigenvalue weighted by Crippen LogP contribution is 2.28. The van der Waals surface area contributed by atoms with Crippen LogP contribution < -0.4 is 11.1 Å². The van der Waals surface area contributed by atoms with Crippen molar-refractivity contribution in [3.05, 3.63) is 60.3 Å². The summed E-state index contributed by atoms with van der Waals surface area (Å²) in [6, 6.07) is 14.3. The smallest absolute Gasteiger partial charge is 0.270 e. The second kappa shape index (κ2) is 9.08. The van der Waals surface area contributed by atoms with Gasteiger partial charge in [-0.05, 0) is 50.7 Å². The molecule has 0 fully saturated rings. The quantitative estimate of drug-likeness (QED) is 0.409. The lowest BCUT2D eigenvalue weighted by Gasteiger charge is -2.09. The molecule has 0 spiro atoms. The van der Waals surface area contributed by atoms with Crippen molar-refractivity contribution in [3.8, 4) is 34.3 Å². The molecule has 4 rings (SSSR count). The van der Waals surface area contributed by atoms with E-state index in [1.165, 1.54) is 6.20 Å². The average Bonchev–Trinajstić information content (AvgIpc) is 3.30. The molecule has 0 radical (unpaired) electrons. The third kappa shape index (κ3) is 4.62. The van der Waals surface area contributed by atoms with Crippen LogP contribution in [0.15, 0.2) is 64.0 Å². The van der Waals surface area contributed by atoms with E-state index in [2.05, 4.69) is 25.5 Å². The van der Waals surface area contributed by atoms with Gasteiger partial charge in [-0.25, -0.2) is 18.4 Å². The van der Waals surface area contributed by atoms with Gasteiger partial charge in [0, 0.05) is 22.0 Å². The maximum Gasteiger partial charge on any atom is 0.270 e. The first kappa shape index (κ1) is 22.6. The Morgan fingerprint density at radius 1 is 1.00 bits per heavy atom. The first-order valence-electron chi connectivity index (χ1n) is 10.3. The fraction of sp³-hybridized carbons (Fsp3) is 0.217. The van der Waals surface area contributed by atoms with Gasteiger partial charge in [0.15, 0.2) is 21.3 Å². The number of hydrogen-bond donors (Lipinski definition) is 2. The molecule has 0 atom stereocenters. The highest BCUT2D eigenvalue weighted by molar-refractivity contribution is 7.92. The normalized spacial score (nSPS) is 11.8. The van der Waals surface area contributed by atoms with Crippen LogP contribution in [0.2, 0.25) is 0 Å². The summed E-state index contributed by atoms with van der Waals surface area (Å²) in [5.41, 5.74) is 9.39. The summed E-state index contributed by atoms with van der Waals surface area (Å²) in [6.45, 7) is 4.06. The lowest BCUT2D eigenvalue weighted by Crippen LogP contribution is -2.13. The maximum absolute atomic E-state index is 12.4. The topological polar surface area (TPSA) is 137 Å². The molecule has 9 nitrogen and oxygen atoms in total. The van der Waals surface area contributed by atoms with E-state index in [-0.39, 0.29) is 26.6 Å². The molecule has 0 amide bonds. The van der Waals surface area contributed by atoms with Gasteiger partial charge in [-0.15, -0.1) is 10.2 Å². The summed E-state index contributed by atoms with van der Waals surface area (Å²) in [4.78, 5) is 9.01. The van der Waals surface area contributed by atoms with Crippen LogP contribution in [0, 0.1) is 0 Å². The van der Waals surface area contributed by atoms with Crippen LogP contribution in [-0.4, -0.2) is 40.9 Å². The monoisotopic (exact) mass is 470 g/mol. The van der Waals surface area contributed by atoms with E-state index in [0.29, 0.717) is 17.1 Å². The predicted octanol–water partition coefficient (Wildman–Crippen LogP) is 4.08. The Labute approximate surface area is 196 Å². The van der Waals surface area contributed by atoms with Crippen LogP contribution in [-0.2, 0) is 16.4 Å². The van der Waals surface area contributed by atoms with E-state index in [0.717, 1.165) is 17.7 Å². The third-order valence-electron chi connectivity index (χ3n) is 5.11. The summed E-state index contributed by atoms with van der Waals surface area (Å²) in [5.74, 6) is 0.642. The van der Waals surface area contributed by atoms with Crippen molar-refractivity contribution >= 4 is 15.7 Å². The predicted molar refractivity (Wildman–Crippen MR) is 132 cm³/mol. The number of anilines is 1. The Kier molecular flexibility index (Phi) is 6.21. The van der Waals surface area contributed by atoms with Crippen molar-refractivity contribution in [2.45, 2.75) is 30.5 Å². The third-order valence-corrected chi connectivity index (χ3v) is 7.28. The molecule has 0 unspecified atom stereocenters. The zero-order valence-corrected chi connectivity index (χ0v) is 19.3. The number of nitrogens with two attached hydrogens (primary N) is 1. The van der Waals surface area contributed by atoms with Crippen molar-refractivity contribution in [1.82, 2.24) is 25.5 Å². The van der Waals surface area contributed by atoms with Gasteiger partial charge in [0.25, 0.3) is 5.89 Å². The first-order chi connectivity index (χ1) is 15.8. The van der Waals surface area contributed by atoms with E-state index >= 15 is 0 Å². The molecule has 4 aromatic rings. The molecule has 33 heavy (non-hydrogen) atoms. The summed E-state index contributed by atoms with van der Waals surface area (Å²) in [7, 11) is -1.47. The number of rotatable bonds is 7. The molecule has 176 valence electrons. The maximum atomic E-state index is 12.4. The van der Waals surface area contributed by atoms with E-state index < -0.39 is 15.1 Å². The number of sulfone groups is 1. The number of nitrogens with one attached hydrogen (secondary N) is 1. The standard InChI is InChI=1S/C23H24N6O3S.3H2/c1-14(2)33(30,31)18-10-8-16(9-11-18)19-13-26-21(24)20(27-19)23-29-28-22(32-23)17-6-4-15(5-7-17)12-25-3;;;/h4-11,13-14,25H,12H2,1-3H3,(H2,24,26);3*1H. The molecule has 0 bridgehead atoms. The van der Waals surface area contributed by atoms with Crippen molar-refractivity contribution in [3.63, 3.8) is 0 Å². The Hall–Kier alpha value is -3.63. The fourth-order valence-corrected chi connectivity index (χ4v) is 4.25. The van der Waals surface area contributed by atoms with Crippen molar-refractivity contribution in [2.24, 2.45) is 0 Å². The van der Waals surface area contributed by atoms with Crippen LogP contribution in [0.3, 0.4) is 0 Å². The number of benzene rings is 2. The zero-order valence-electron chi connectivity index (χ0n) is 18.5. The molecular formula is C23H30N6O3S. The number of hydrogen-bond acceptors (Lipinski definition) is 9. The van der Waals surface area contributed by atoms with Gasteiger partial charge < -0.3 is 15.5 Å². The molecule has 2 heterocycles. The summed E-state index contributed by atoms with van der Waals surface area (Å²) in [6.07, 6.45) is 1.52. The van der Waals surface area contributed by atoms with E-state index in [1.54, 1.807) is 38.1 Å². The van der Waals surface area contributed by atoms with Gasteiger partial charge in [-0.3, -0.25) is 0 Å². The van der Waals surface area contributed by atoms with Crippen LogP contribution in [0.1, 0.15) is 23.7 Å². The van der Waals surface area contributed by atoms with Crippen LogP contribution in [0.25, 0.3) is 34.3 Å². The summed E-state index contributed by atoms with van der Waals surface area (Å²) < 4.78 is 30.5. The minimum Gasteiger partial charge on any atom is -0.414 e. The highest BCUT2D eigenvalue weighted by atomic mass is 32.2. The average molecular weight is 471 g/mol. The SMILES string of the molecule is CNCc1ccc(-c2nnc(-c3nc(-c4ccc(S(=O)(=O)C(C)C)cc4)cnc3N)o2)cc1.[HH].[HH].[HH]. The molecular weight excluding hydrogens is 440 g/mol.